The summed E-state index contributed by atoms with van der Waals surface area (Å²) in [6, 6.07) is 18.0. The lowest BCUT2D eigenvalue weighted by Gasteiger charge is -2.56. The Morgan fingerprint density at radius 3 is 1.97 bits per heavy atom. The minimum absolute atomic E-state index is 0.0976. The molecule has 5 unspecified atom stereocenters. The van der Waals surface area contributed by atoms with Gasteiger partial charge in [-0.1, -0.05) is 24.3 Å². The van der Waals surface area contributed by atoms with E-state index in [9.17, 15) is 0 Å². The molecule has 4 aliphatic heterocycles. The number of hydrazone groups is 2. The highest BCUT2D eigenvalue weighted by molar-refractivity contribution is 5.85. The lowest BCUT2D eigenvalue weighted by molar-refractivity contribution is -0.0136. The van der Waals surface area contributed by atoms with Crippen molar-refractivity contribution in [2.75, 3.05) is 4.90 Å². The Balaban J connectivity index is 1.28. The van der Waals surface area contributed by atoms with E-state index in [0.717, 1.165) is 53.8 Å². The van der Waals surface area contributed by atoms with E-state index in [1.807, 2.05) is 12.1 Å². The Hall–Kier alpha value is -3.42. The van der Waals surface area contributed by atoms with E-state index in [1.54, 1.807) is 0 Å². The Labute approximate surface area is 187 Å². The number of hydrogen-bond donors (Lipinski definition) is 2. The van der Waals surface area contributed by atoms with Crippen LogP contribution in [0.4, 0.5) is 11.4 Å². The van der Waals surface area contributed by atoms with Crippen molar-refractivity contribution in [2.45, 2.75) is 63.6 Å². The van der Waals surface area contributed by atoms with Gasteiger partial charge in [-0.3, -0.25) is 10.9 Å². The summed E-state index contributed by atoms with van der Waals surface area (Å²) in [7, 11) is 0. The van der Waals surface area contributed by atoms with E-state index in [1.165, 1.54) is 0 Å². The van der Waals surface area contributed by atoms with E-state index in [4.69, 9.17) is 4.74 Å². The molecule has 2 N–H and O–H groups in total. The zero-order chi connectivity index (χ0) is 21.4. The molecule has 8 nitrogen and oxygen atoms in total. The number of benzene rings is 2. The average Bonchev–Trinajstić information content (AvgIpc) is 3.40. The second-order valence-electron chi connectivity index (χ2n) is 9.29. The van der Waals surface area contributed by atoms with E-state index in [2.05, 4.69) is 86.0 Å². The van der Waals surface area contributed by atoms with Crippen molar-refractivity contribution in [1.82, 2.24) is 20.7 Å². The van der Waals surface area contributed by atoms with E-state index >= 15 is 0 Å². The van der Waals surface area contributed by atoms with Crippen molar-refractivity contribution in [3.63, 3.8) is 0 Å². The number of ether oxygens (including phenoxy) is 1. The minimum atomic E-state index is 0.0976. The molecule has 5 aliphatic rings. The first-order chi connectivity index (χ1) is 15.7. The van der Waals surface area contributed by atoms with Crippen molar-refractivity contribution in [2.24, 2.45) is 10.2 Å². The van der Waals surface area contributed by atoms with Crippen molar-refractivity contribution in [3.8, 4) is 11.5 Å². The highest BCUT2D eigenvalue weighted by Gasteiger charge is 2.54. The third kappa shape index (κ3) is 2.37. The van der Waals surface area contributed by atoms with Crippen LogP contribution in [0.2, 0.25) is 0 Å². The standard InChI is InChI=1S/C24H27N7O/c1-14-25-27-23-24-28-26-15(2)30(24)20-13-16(11-12-17(20)29(14)23)31-18-7-3-5-9-21(18)32-22-10-6-4-8-19(22)31/h3-10,16-17,20,23-24,27-28H,11-13H2,1-2H3. The fourth-order valence-corrected chi connectivity index (χ4v) is 6.39. The summed E-state index contributed by atoms with van der Waals surface area (Å²) in [6.07, 6.45) is 3.50. The van der Waals surface area contributed by atoms with Gasteiger partial charge in [-0.05, 0) is 57.4 Å². The Kier molecular flexibility index (Phi) is 3.72. The molecule has 0 amide bonds. The van der Waals surface area contributed by atoms with Gasteiger partial charge in [-0.2, -0.15) is 10.2 Å². The van der Waals surface area contributed by atoms with Crippen molar-refractivity contribution in [3.05, 3.63) is 48.5 Å². The number of hydrogen-bond acceptors (Lipinski definition) is 8. The van der Waals surface area contributed by atoms with Crippen molar-refractivity contribution >= 4 is 23.0 Å². The predicted octanol–water partition coefficient (Wildman–Crippen LogP) is 3.36. The Morgan fingerprint density at radius 2 is 1.34 bits per heavy atom. The summed E-state index contributed by atoms with van der Waals surface area (Å²) in [5.74, 6) is 4.01. The number of rotatable bonds is 1. The molecule has 0 spiro atoms. The van der Waals surface area contributed by atoms with Gasteiger partial charge in [-0.25, -0.2) is 0 Å². The Morgan fingerprint density at radius 1 is 0.781 bits per heavy atom. The zero-order valence-electron chi connectivity index (χ0n) is 18.3. The predicted molar refractivity (Wildman–Crippen MR) is 124 cm³/mol. The molecule has 7 rings (SSSR count). The van der Waals surface area contributed by atoms with Crippen LogP contribution >= 0.6 is 0 Å². The maximum atomic E-state index is 6.25. The molecule has 1 saturated carbocycles. The third-order valence-electron chi connectivity index (χ3n) is 7.67. The van der Waals surface area contributed by atoms with Gasteiger partial charge < -0.3 is 19.4 Å². The van der Waals surface area contributed by atoms with E-state index in [-0.39, 0.29) is 12.3 Å². The smallest absolute Gasteiger partial charge is 0.157 e. The third-order valence-corrected chi connectivity index (χ3v) is 7.67. The SMILES string of the molecule is CC1=NNC2C3NN=C(C)N3C3CC(N4c5ccccc5Oc5ccccc54)CCC3N12. The highest BCUT2D eigenvalue weighted by atomic mass is 16.5. The summed E-state index contributed by atoms with van der Waals surface area (Å²) >= 11 is 0. The molecule has 1 saturated heterocycles. The molecule has 5 atom stereocenters. The van der Waals surface area contributed by atoms with Crippen LogP contribution < -0.4 is 20.5 Å². The van der Waals surface area contributed by atoms with E-state index < -0.39 is 0 Å². The summed E-state index contributed by atoms with van der Waals surface area (Å²) in [5, 5.41) is 9.18. The molecular weight excluding hydrogens is 402 g/mol. The molecule has 2 aromatic rings. The van der Waals surface area contributed by atoms with Crippen LogP contribution in [-0.2, 0) is 0 Å². The average molecular weight is 430 g/mol. The van der Waals surface area contributed by atoms with Crippen LogP contribution in [-0.4, -0.2) is 51.9 Å². The molecule has 1 aliphatic carbocycles. The summed E-state index contributed by atoms with van der Waals surface area (Å²) in [4.78, 5) is 7.51. The number of anilines is 2. The number of amidine groups is 2. The second-order valence-corrected chi connectivity index (χ2v) is 9.29. The Bertz CT molecular complexity index is 1100. The molecule has 0 radical (unpaired) electrons. The van der Waals surface area contributed by atoms with Gasteiger partial charge in [-0.15, -0.1) is 0 Å². The summed E-state index contributed by atoms with van der Waals surface area (Å²) in [5.41, 5.74) is 9.02. The van der Waals surface area contributed by atoms with Crippen LogP contribution in [0.25, 0.3) is 0 Å². The molecular formula is C24H27N7O. The maximum Gasteiger partial charge on any atom is 0.157 e. The van der Waals surface area contributed by atoms with Gasteiger partial charge in [0.25, 0.3) is 0 Å². The fraction of sp³-hybridized carbons (Fsp3) is 0.417. The first-order valence-electron chi connectivity index (χ1n) is 11.5. The van der Waals surface area contributed by atoms with Crippen LogP contribution in [0.3, 0.4) is 0 Å². The largest absolute Gasteiger partial charge is 0.453 e. The molecule has 32 heavy (non-hydrogen) atoms. The number of piperazine rings is 1. The van der Waals surface area contributed by atoms with Crippen molar-refractivity contribution in [1.29, 1.82) is 0 Å². The van der Waals surface area contributed by atoms with Crippen molar-refractivity contribution < 1.29 is 4.74 Å². The van der Waals surface area contributed by atoms with Gasteiger partial charge in [0.15, 0.2) is 23.8 Å². The van der Waals surface area contributed by atoms with Gasteiger partial charge in [0.05, 0.1) is 23.5 Å². The number of para-hydroxylation sites is 4. The number of nitrogens with one attached hydrogen (secondary N) is 2. The van der Waals surface area contributed by atoms with Gasteiger partial charge in [0, 0.05) is 6.04 Å². The second kappa shape index (κ2) is 6.54. The number of nitrogens with zero attached hydrogens (tertiary/aromatic N) is 5. The molecule has 4 heterocycles. The normalized spacial score (nSPS) is 31.7. The van der Waals surface area contributed by atoms with Gasteiger partial charge >= 0.3 is 0 Å². The molecule has 164 valence electrons. The van der Waals surface area contributed by atoms with Crippen LogP contribution in [0.5, 0.6) is 11.5 Å². The van der Waals surface area contributed by atoms with Crippen LogP contribution in [0.15, 0.2) is 58.7 Å². The van der Waals surface area contributed by atoms with Gasteiger partial charge in [0.1, 0.15) is 11.7 Å². The molecule has 0 bridgehead atoms. The minimum Gasteiger partial charge on any atom is -0.453 e. The first kappa shape index (κ1) is 18.2. The summed E-state index contributed by atoms with van der Waals surface area (Å²) in [6.45, 7) is 4.23. The quantitative estimate of drug-likeness (QED) is 0.725. The molecule has 0 aromatic heterocycles. The van der Waals surface area contributed by atoms with Crippen LogP contribution in [0, 0.1) is 0 Å². The maximum absolute atomic E-state index is 6.25. The monoisotopic (exact) mass is 429 g/mol. The molecule has 2 aromatic carbocycles. The first-order valence-corrected chi connectivity index (χ1v) is 11.5. The van der Waals surface area contributed by atoms with Gasteiger partial charge in [0.2, 0.25) is 0 Å². The lowest BCUT2D eigenvalue weighted by atomic mass is 9.81. The number of fused-ring (bicyclic) bond motifs is 8. The molecule has 8 heteroatoms. The van der Waals surface area contributed by atoms with Crippen LogP contribution in [0.1, 0.15) is 33.1 Å². The fourth-order valence-electron chi connectivity index (χ4n) is 6.39. The lowest BCUT2D eigenvalue weighted by Crippen LogP contribution is -2.73. The highest BCUT2D eigenvalue weighted by Crippen LogP contribution is 2.50. The molecule has 2 fully saturated rings. The van der Waals surface area contributed by atoms with E-state index in [0.29, 0.717) is 18.1 Å². The summed E-state index contributed by atoms with van der Waals surface area (Å²) < 4.78 is 6.25. The topological polar surface area (TPSA) is 67.7 Å². The zero-order valence-corrected chi connectivity index (χ0v) is 18.3.